The molecular weight excluding hydrogens is 310 g/mol. The second-order valence-corrected chi connectivity index (χ2v) is 5.25. The third-order valence-corrected chi connectivity index (χ3v) is 3.60. The van der Waals surface area contributed by atoms with Crippen molar-refractivity contribution in [1.82, 2.24) is 14.9 Å². The quantitative estimate of drug-likeness (QED) is 0.698. The molecule has 24 heavy (non-hydrogen) atoms. The lowest BCUT2D eigenvalue weighted by Crippen LogP contribution is -2.26. The molecule has 0 saturated carbocycles. The van der Waals surface area contributed by atoms with Crippen LogP contribution < -0.4 is 15.5 Å². The fourth-order valence-electron chi connectivity index (χ4n) is 2.34. The summed E-state index contributed by atoms with van der Waals surface area (Å²) in [6.07, 6.45) is 6.03. The molecule has 0 aliphatic heterocycles. The fourth-order valence-corrected chi connectivity index (χ4v) is 2.34. The van der Waals surface area contributed by atoms with Gasteiger partial charge in [0.1, 0.15) is 11.3 Å². The number of ether oxygens (including phenoxy) is 1. The SMILES string of the molecule is COc1ccc2c(=O)cc(C(=O)NCCCn3ccnc3)oc2c1. The lowest BCUT2D eigenvalue weighted by Gasteiger charge is -2.06. The highest BCUT2D eigenvalue weighted by molar-refractivity contribution is 5.93. The van der Waals surface area contributed by atoms with Gasteiger partial charge in [-0.15, -0.1) is 0 Å². The Kier molecular flexibility index (Phi) is 4.60. The molecule has 2 heterocycles. The van der Waals surface area contributed by atoms with Crippen molar-refractivity contribution in [2.24, 2.45) is 0 Å². The molecule has 0 radical (unpaired) electrons. The molecule has 0 aliphatic rings. The fraction of sp³-hybridized carbons (Fsp3) is 0.235. The molecule has 0 saturated heterocycles. The van der Waals surface area contributed by atoms with Crippen molar-refractivity contribution in [3.8, 4) is 5.75 Å². The third-order valence-electron chi connectivity index (χ3n) is 3.60. The van der Waals surface area contributed by atoms with Gasteiger partial charge in [0.2, 0.25) is 0 Å². The van der Waals surface area contributed by atoms with E-state index in [-0.39, 0.29) is 11.2 Å². The predicted octanol–water partition coefficient (Wildman–Crippen LogP) is 1.82. The summed E-state index contributed by atoms with van der Waals surface area (Å²) in [4.78, 5) is 28.2. The predicted molar refractivity (Wildman–Crippen MR) is 88.2 cm³/mol. The first-order valence-corrected chi connectivity index (χ1v) is 7.53. The third kappa shape index (κ3) is 3.45. The number of nitrogens with one attached hydrogen (secondary N) is 1. The number of benzene rings is 1. The molecule has 0 aliphatic carbocycles. The minimum absolute atomic E-state index is 0.0108. The van der Waals surface area contributed by atoms with Gasteiger partial charge in [0.05, 0.1) is 18.8 Å². The van der Waals surface area contributed by atoms with Crippen LogP contribution in [0.2, 0.25) is 0 Å². The summed E-state index contributed by atoms with van der Waals surface area (Å²) in [6, 6.07) is 6.09. The molecule has 7 heteroatoms. The zero-order valence-electron chi connectivity index (χ0n) is 13.2. The topological polar surface area (TPSA) is 86.4 Å². The van der Waals surface area contributed by atoms with E-state index in [0.717, 1.165) is 13.0 Å². The van der Waals surface area contributed by atoms with Crippen LogP contribution in [-0.4, -0.2) is 29.1 Å². The normalized spacial score (nSPS) is 10.7. The Morgan fingerprint density at radius 2 is 2.25 bits per heavy atom. The number of rotatable bonds is 6. The average Bonchev–Trinajstić information content (AvgIpc) is 3.11. The first-order chi connectivity index (χ1) is 11.7. The number of fused-ring (bicyclic) bond motifs is 1. The first kappa shape index (κ1) is 15.8. The van der Waals surface area contributed by atoms with Crippen LogP contribution in [0.4, 0.5) is 0 Å². The van der Waals surface area contributed by atoms with Crippen LogP contribution in [0.5, 0.6) is 5.75 Å². The molecule has 1 amide bonds. The minimum atomic E-state index is -0.414. The lowest BCUT2D eigenvalue weighted by atomic mass is 10.2. The first-order valence-electron chi connectivity index (χ1n) is 7.53. The molecular formula is C17H17N3O4. The van der Waals surface area contributed by atoms with Gasteiger partial charge in [-0.2, -0.15) is 0 Å². The second kappa shape index (κ2) is 6.99. The second-order valence-electron chi connectivity index (χ2n) is 5.25. The minimum Gasteiger partial charge on any atom is -0.497 e. The van der Waals surface area contributed by atoms with Crippen molar-refractivity contribution in [2.45, 2.75) is 13.0 Å². The summed E-state index contributed by atoms with van der Waals surface area (Å²) in [5.41, 5.74) is 0.0629. The molecule has 0 unspecified atom stereocenters. The maximum atomic E-state index is 12.2. The van der Waals surface area contributed by atoms with Crippen LogP contribution in [-0.2, 0) is 6.54 Å². The van der Waals surface area contributed by atoms with Crippen LogP contribution >= 0.6 is 0 Å². The Bertz CT molecular complexity index is 900. The highest BCUT2D eigenvalue weighted by Gasteiger charge is 2.12. The zero-order chi connectivity index (χ0) is 16.9. The molecule has 0 spiro atoms. The Morgan fingerprint density at radius 1 is 1.38 bits per heavy atom. The van der Waals surface area contributed by atoms with E-state index in [1.54, 1.807) is 30.7 Å². The maximum absolute atomic E-state index is 12.2. The Hall–Kier alpha value is -3.09. The summed E-state index contributed by atoms with van der Waals surface area (Å²) in [6.45, 7) is 1.22. The number of amides is 1. The van der Waals surface area contributed by atoms with Gasteiger partial charge in [0, 0.05) is 37.6 Å². The molecule has 7 nitrogen and oxygen atoms in total. The van der Waals surface area contributed by atoms with E-state index in [4.69, 9.17) is 9.15 Å². The Balaban J connectivity index is 1.68. The molecule has 3 rings (SSSR count). The largest absolute Gasteiger partial charge is 0.497 e. The van der Waals surface area contributed by atoms with Crippen molar-refractivity contribution in [2.75, 3.05) is 13.7 Å². The summed E-state index contributed by atoms with van der Waals surface area (Å²) in [5, 5.41) is 3.16. The number of imidazole rings is 1. The van der Waals surface area contributed by atoms with Crippen molar-refractivity contribution >= 4 is 16.9 Å². The van der Waals surface area contributed by atoms with Crippen molar-refractivity contribution in [3.63, 3.8) is 0 Å². The van der Waals surface area contributed by atoms with Crippen molar-refractivity contribution in [3.05, 3.63) is 59.0 Å². The number of carbonyl (C=O) groups excluding carboxylic acids is 1. The van der Waals surface area contributed by atoms with Crippen LogP contribution in [0, 0.1) is 0 Å². The molecule has 2 aromatic heterocycles. The summed E-state index contributed by atoms with van der Waals surface area (Å²) in [5.74, 6) is 0.134. The van der Waals surface area contributed by atoms with E-state index < -0.39 is 5.91 Å². The standard InChI is InChI=1S/C17H17N3O4/c1-23-12-3-4-13-14(21)10-16(24-15(13)9-12)17(22)19-5-2-7-20-8-6-18-11-20/h3-4,6,8-11H,2,5,7H2,1H3,(H,19,22). The van der Waals surface area contributed by atoms with Gasteiger partial charge in [-0.3, -0.25) is 9.59 Å². The van der Waals surface area contributed by atoms with Gasteiger partial charge in [0.15, 0.2) is 11.2 Å². The van der Waals surface area contributed by atoms with Crippen LogP contribution in [0.15, 0.2) is 52.2 Å². The van der Waals surface area contributed by atoms with Crippen molar-refractivity contribution < 1.29 is 13.9 Å². The highest BCUT2D eigenvalue weighted by Crippen LogP contribution is 2.19. The highest BCUT2D eigenvalue weighted by atomic mass is 16.5. The monoisotopic (exact) mass is 327 g/mol. The van der Waals surface area contributed by atoms with E-state index in [9.17, 15) is 9.59 Å². The number of hydrogen-bond donors (Lipinski definition) is 1. The number of aryl methyl sites for hydroxylation is 1. The van der Waals surface area contributed by atoms with E-state index >= 15 is 0 Å². The zero-order valence-corrected chi connectivity index (χ0v) is 13.2. The van der Waals surface area contributed by atoms with E-state index in [1.165, 1.54) is 13.2 Å². The molecule has 124 valence electrons. The summed E-state index contributed by atoms with van der Waals surface area (Å²) < 4.78 is 12.6. The van der Waals surface area contributed by atoms with Gasteiger partial charge in [0.25, 0.3) is 5.91 Å². The van der Waals surface area contributed by atoms with Gasteiger partial charge in [-0.1, -0.05) is 0 Å². The molecule has 1 N–H and O–H groups in total. The molecule has 0 fully saturated rings. The Labute approximate surface area is 137 Å². The lowest BCUT2D eigenvalue weighted by molar-refractivity contribution is 0.0925. The number of nitrogens with zero attached hydrogens (tertiary/aromatic N) is 2. The molecule has 0 atom stereocenters. The smallest absolute Gasteiger partial charge is 0.287 e. The van der Waals surface area contributed by atoms with Gasteiger partial charge in [-0.25, -0.2) is 4.98 Å². The number of carbonyl (C=O) groups is 1. The van der Waals surface area contributed by atoms with Crippen molar-refractivity contribution in [1.29, 1.82) is 0 Å². The van der Waals surface area contributed by atoms with E-state index in [1.807, 2.05) is 10.8 Å². The Morgan fingerprint density at radius 3 is 3.00 bits per heavy atom. The summed E-state index contributed by atoms with van der Waals surface area (Å²) in [7, 11) is 1.52. The summed E-state index contributed by atoms with van der Waals surface area (Å²) >= 11 is 0. The number of methoxy groups -OCH3 is 1. The van der Waals surface area contributed by atoms with E-state index in [0.29, 0.717) is 23.3 Å². The van der Waals surface area contributed by atoms with Gasteiger partial charge < -0.3 is 19.0 Å². The molecule has 0 bridgehead atoms. The molecule has 1 aromatic carbocycles. The van der Waals surface area contributed by atoms with Gasteiger partial charge in [-0.05, 0) is 18.6 Å². The molecule has 3 aromatic rings. The van der Waals surface area contributed by atoms with E-state index in [2.05, 4.69) is 10.3 Å². The van der Waals surface area contributed by atoms with Crippen LogP contribution in [0.1, 0.15) is 17.0 Å². The number of hydrogen-bond acceptors (Lipinski definition) is 5. The van der Waals surface area contributed by atoms with Gasteiger partial charge >= 0.3 is 0 Å². The average molecular weight is 327 g/mol. The van der Waals surface area contributed by atoms with Crippen LogP contribution in [0.3, 0.4) is 0 Å². The maximum Gasteiger partial charge on any atom is 0.287 e. The van der Waals surface area contributed by atoms with Crippen LogP contribution in [0.25, 0.3) is 11.0 Å². The number of aromatic nitrogens is 2.